The molecule has 2 aliphatic rings. The summed E-state index contributed by atoms with van der Waals surface area (Å²) in [4.78, 5) is 17.5. The molecule has 0 radical (unpaired) electrons. The number of likely N-dealkylation sites (tertiary alicyclic amines) is 2. The minimum Gasteiger partial charge on any atom is -0.383 e. The van der Waals surface area contributed by atoms with Crippen LogP contribution in [0.25, 0.3) is 0 Å². The van der Waals surface area contributed by atoms with Gasteiger partial charge in [-0.1, -0.05) is 0 Å². The van der Waals surface area contributed by atoms with Crippen LogP contribution in [0.3, 0.4) is 0 Å². The minimum atomic E-state index is 0.148. The summed E-state index contributed by atoms with van der Waals surface area (Å²) in [5.41, 5.74) is 1.44. The fourth-order valence-electron chi connectivity index (χ4n) is 4.06. The lowest BCUT2D eigenvalue weighted by Crippen LogP contribution is -2.50. The summed E-state index contributed by atoms with van der Waals surface area (Å²) in [5, 5.41) is 7.42. The highest BCUT2D eigenvalue weighted by Crippen LogP contribution is 2.25. The standard InChI is InChI=1S/C19H31N3O2S/c1-24-11-7-20-19(23)17-3-2-8-22(14-17)18-4-9-21(10-5-18)13-16-6-12-25-15-16/h6,12,15,17-18H,2-5,7-11,13-14H2,1H3,(H,20,23). The summed E-state index contributed by atoms with van der Waals surface area (Å²) >= 11 is 1.78. The molecule has 25 heavy (non-hydrogen) atoms. The highest BCUT2D eigenvalue weighted by molar-refractivity contribution is 7.07. The molecule has 0 aliphatic carbocycles. The van der Waals surface area contributed by atoms with Crippen LogP contribution in [0.4, 0.5) is 0 Å². The van der Waals surface area contributed by atoms with Crippen molar-refractivity contribution in [3.8, 4) is 0 Å². The van der Waals surface area contributed by atoms with Gasteiger partial charge in [0.1, 0.15) is 0 Å². The van der Waals surface area contributed by atoms with Gasteiger partial charge in [0.25, 0.3) is 0 Å². The van der Waals surface area contributed by atoms with Crippen LogP contribution in [-0.4, -0.2) is 68.2 Å². The van der Waals surface area contributed by atoms with E-state index >= 15 is 0 Å². The Balaban J connectivity index is 1.42. The van der Waals surface area contributed by atoms with Gasteiger partial charge in [0, 0.05) is 32.8 Å². The Morgan fingerprint density at radius 3 is 2.88 bits per heavy atom. The van der Waals surface area contributed by atoms with Gasteiger partial charge in [0.15, 0.2) is 0 Å². The second kappa shape index (κ2) is 9.67. The van der Waals surface area contributed by atoms with Crippen molar-refractivity contribution in [1.82, 2.24) is 15.1 Å². The third-order valence-electron chi connectivity index (χ3n) is 5.49. The van der Waals surface area contributed by atoms with Gasteiger partial charge >= 0.3 is 0 Å². The first kappa shape index (κ1) is 18.8. The van der Waals surface area contributed by atoms with Gasteiger partial charge in [-0.2, -0.15) is 11.3 Å². The number of methoxy groups -OCH3 is 1. The van der Waals surface area contributed by atoms with Crippen LogP contribution in [-0.2, 0) is 16.1 Å². The largest absolute Gasteiger partial charge is 0.383 e. The Hall–Kier alpha value is -0.950. The molecule has 3 heterocycles. The maximum atomic E-state index is 12.3. The normalized spacial score (nSPS) is 23.6. The molecule has 6 heteroatoms. The fourth-order valence-corrected chi connectivity index (χ4v) is 4.72. The fraction of sp³-hybridized carbons (Fsp3) is 0.737. The van der Waals surface area contributed by atoms with Gasteiger partial charge in [0.2, 0.25) is 5.91 Å². The van der Waals surface area contributed by atoms with E-state index in [1.165, 1.54) is 31.5 Å². The molecule has 2 fully saturated rings. The van der Waals surface area contributed by atoms with Crippen molar-refractivity contribution in [2.75, 3.05) is 46.4 Å². The van der Waals surface area contributed by atoms with Crippen LogP contribution in [0.5, 0.6) is 0 Å². The zero-order valence-electron chi connectivity index (χ0n) is 15.3. The van der Waals surface area contributed by atoms with E-state index in [0.29, 0.717) is 19.2 Å². The summed E-state index contributed by atoms with van der Waals surface area (Å²) in [6.45, 7) is 6.70. The first-order chi connectivity index (χ1) is 12.3. The Morgan fingerprint density at radius 2 is 2.16 bits per heavy atom. The molecule has 1 aromatic rings. The molecule has 2 aliphatic heterocycles. The first-order valence-corrected chi connectivity index (χ1v) is 10.4. The van der Waals surface area contributed by atoms with Crippen LogP contribution in [0, 0.1) is 5.92 Å². The molecule has 1 unspecified atom stereocenters. The summed E-state index contributed by atoms with van der Waals surface area (Å²) < 4.78 is 5.01. The predicted octanol–water partition coefficient (Wildman–Crippen LogP) is 2.19. The number of hydrogen-bond donors (Lipinski definition) is 1. The highest BCUT2D eigenvalue weighted by atomic mass is 32.1. The zero-order valence-corrected chi connectivity index (χ0v) is 16.1. The molecule has 0 bridgehead atoms. The highest BCUT2D eigenvalue weighted by Gasteiger charge is 2.31. The number of hydrogen-bond acceptors (Lipinski definition) is 5. The molecular formula is C19H31N3O2S. The van der Waals surface area contributed by atoms with Crippen LogP contribution in [0.15, 0.2) is 16.8 Å². The van der Waals surface area contributed by atoms with E-state index in [9.17, 15) is 4.79 Å². The lowest BCUT2D eigenvalue weighted by molar-refractivity contribution is -0.127. The van der Waals surface area contributed by atoms with Gasteiger partial charge in [0.05, 0.1) is 12.5 Å². The smallest absolute Gasteiger partial charge is 0.224 e. The lowest BCUT2D eigenvalue weighted by Gasteiger charge is -2.42. The summed E-state index contributed by atoms with van der Waals surface area (Å²) in [6, 6.07) is 2.88. The van der Waals surface area contributed by atoms with Gasteiger partial charge in [-0.3, -0.25) is 14.6 Å². The number of ether oxygens (including phenoxy) is 1. The van der Waals surface area contributed by atoms with Crippen molar-refractivity contribution >= 4 is 17.2 Å². The van der Waals surface area contributed by atoms with Crippen molar-refractivity contribution in [3.63, 3.8) is 0 Å². The Labute approximate surface area is 155 Å². The molecule has 140 valence electrons. The maximum absolute atomic E-state index is 12.3. The first-order valence-electron chi connectivity index (χ1n) is 9.50. The van der Waals surface area contributed by atoms with Crippen molar-refractivity contribution in [2.45, 2.75) is 38.3 Å². The predicted molar refractivity (Wildman–Crippen MR) is 102 cm³/mol. The number of nitrogens with one attached hydrogen (secondary N) is 1. The number of carbonyl (C=O) groups is 1. The molecule has 1 N–H and O–H groups in total. The number of piperidine rings is 2. The topological polar surface area (TPSA) is 44.8 Å². The van der Waals surface area contributed by atoms with Gasteiger partial charge in [-0.25, -0.2) is 0 Å². The molecule has 0 aromatic carbocycles. The minimum absolute atomic E-state index is 0.148. The van der Waals surface area contributed by atoms with E-state index in [2.05, 4.69) is 31.9 Å². The van der Waals surface area contributed by atoms with E-state index in [4.69, 9.17) is 4.74 Å². The van der Waals surface area contributed by atoms with E-state index in [-0.39, 0.29) is 11.8 Å². The molecule has 1 amide bonds. The van der Waals surface area contributed by atoms with Crippen molar-refractivity contribution in [1.29, 1.82) is 0 Å². The summed E-state index contributed by atoms with van der Waals surface area (Å²) in [6.07, 6.45) is 4.61. The van der Waals surface area contributed by atoms with Crippen LogP contribution in [0.1, 0.15) is 31.2 Å². The third-order valence-corrected chi connectivity index (χ3v) is 6.22. The van der Waals surface area contributed by atoms with E-state index in [0.717, 1.165) is 32.5 Å². The Bertz CT molecular complexity index is 515. The maximum Gasteiger partial charge on any atom is 0.224 e. The number of carbonyl (C=O) groups excluding carboxylic acids is 1. The van der Waals surface area contributed by atoms with E-state index in [1.807, 2.05) is 0 Å². The third kappa shape index (κ3) is 5.51. The molecule has 0 spiro atoms. The number of amides is 1. The average Bonchev–Trinajstić information content (AvgIpc) is 3.16. The van der Waals surface area contributed by atoms with Gasteiger partial charge in [-0.15, -0.1) is 0 Å². The molecule has 2 saturated heterocycles. The molecular weight excluding hydrogens is 334 g/mol. The van der Waals surface area contributed by atoms with Crippen LogP contribution in [0.2, 0.25) is 0 Å². The lowest BCUT2D eigenvalue weighted by atomic mass is 9.93. The van der Waals surface area contributed by atoms with Crippen LogP contribution >= 0.6 is 11.3 Å². The van der Waals surface area contributed by atoms with Crippen molar-refractivity contribution in [2.24, 2.45) is 5.92 Å². The van der Waals surface area contributed by atoms with Crippen molar-refractivity contribution in [3.05, 3.63) is 22.4 Å². The number of thiophene rings is 1. The summed E-state index contributed by atoms with van der Waals surface area (Å²) in [7, 11) is 1.67. The monoisotopic (exact) mass is 365 g/mol. The molecule has 1 atom stereocenters. The molecule has 1 aromatic heterocycles. The Morgan fingerprint density at radius 1 is 1.32 bits per heavy atom. The zero-order chi connectivity index (χ0) is 17.5. The summed E-state index contributed by atoms with van der Waals surface area (Å²) in [5.74, 6) is 0.353. The van der Waals surface area contributed by atoms with Crippen LogP contribution < -0.4 is 5.32 Å². The van der Waals surface area contributed by atoms with E-state index < -0.39 is 0 Å². The molecule has 0 saturated carbocycles. The second-order valence-corrected chi connectivity index (χ2v) is 8.04. The van der Waals surface area contributed by atoms with Gasteiger partial charge in [-0.05, 0) is 67.7 Å². The molecule has 5 nitrogen and oxygen atoms in total. The number of nitrogens with zero attached hydrogens (tertiary/aromatic N) is 2. The average molecular weight is 366 g/mol. The number of rotatable bonds is 7. The SMILES string of the molecule is COCCNC(=O)C1CCCN(C2CCN(Cc3ccsc3)CC2)C1. The van der Waals surface area contributed by atoms with Gasteiger partial charge < -0.3 is 10.1 Å². The Kier molecular flexibility index (Phi) is 7.28. The van der Waals surface area contributed by atoms with E-state index in [1.54, 1.807) is 18.4 Å². The molecule has 3 rings (SSSR count). The second-order valence-electron chi connectivity index (χ2n) is 7.26. The van der Waals surface area contributed by atoms with Crippen molar-refractivity contribution < 1.29 is 9.53 Å². The quantitative estimate of drug-likeness (QED) is 0.753.